The van der Waals surface area contributed by atoms with Crippen molar-refractivity contribution in [1.82, 2.24) is 14.9 Å². The number of carbonyl (C=O) groups is 1. The number of amides is 1. The van der Waals surface area contributed by atoms with Gasteiger partial charge < -0.3 is 9.88 Å². The van der Waals surface area contributed by atoms with E-state index < -0.39 is 21.7 Å². The fourth-order valence-electron chi connectivity index (χ4n) is 4.27. The molecule has 0 fully saturated rings. The predicted octanol–water partition coefficient (Wildman–Crippen LogP) is 5.92. The molecule has 38 heavy (non-hydrogen) atoms. The van der Waals surface area contributed by atoms with Crippen LogP contribution < -0.4 is 5.32 Å². The number of benzene rings is 3. The van der Waals surface area contributed by atoms with E-state index in [9.17, 15) is 26.4 Å². The van der Waals surface area contributed by atoms with Crippen LogP contribution >= 0.6 is 11.6 Å². The smallest absolute Gasteiger partial charge is 0.321 e. The minimum atomic E-state index is -4.64. The van der Waals surface area contributed by atoms with Crippen molar-refractivity contribution in [1.29, 1.82) is 0 Å². The Labute approximate surface area is 221 Å². The van der Waals surface area contributed by atoms with Crippen LogP contribution in [0.2, 0.25) is 5.02 Å². The van der Waals surface area contributed by atoms with Crippen molar-refractivity contribution >= 4 is 38.6 Å². The molecule has 0 aliphatic carbocycles. The molecule has 0 bridgehead atoms. The molecule has 0 atom stereocenters. The molecule has 1 aliphatic rings. The topological polar surface area (TPSA) is 81.1 Å². The standard InChI is InChI=1S/C27H19ClF3N3O3S/c1-15-32-23(27(29,30)31)14-34(15)22-11-8-18(17-4-3-5-20(12-17)38(2,36)37)13-21(22)25-24(26(35)33-25)16-6-9-19(28)10-7-16/h3-14H,1-2H3,(H,33,35). The van der Waals surface area contributed by atoms with Crippen molar-refractivity contribution < 1.29 is 26.4 Å². The van der Waals surface area contributed by atoms with Crippen LogP contribution in [0.4, 0.5) is 13.2 Å². The number of nitrogens with zero attached hydrogens (tertiary/aromatic N) is 2. The molecule has 2 heterocycles. The van der Waals surface area contributed by atoms with E-state index in [2.05, 4.69) is 10.3 Å². The van der Waals surface area contributed by atoms with Crippen LogP contribution in [0.3, 0.4) is 0 Å². The van der Waals surface area contributed by atoms with Gasteiger partial charge in [-0.2, -0.15) is 13.2 Å². The summed E-state index contributed by atoms with van der Waals surface area (Å²) in [6.07, 6.45) is -2.63. The Balaban J connectivity index is 1.75. The van der Waals surface area contributed by atoms with Gasteiger partial charge in [0.15, 0.2) is 15.5 Å². The molecule has 3 aromatic carbocycles. The van der Waals surface area contributed by atoms with Gasteiger partial charge in [0.05, 0.1) is 21.9 Å². The highest BCUT2D eigenvalue weighted by Gasteiger charge is 2.36. The first kappa shape index (κ1) is 25.7. The number of hydrogen-bond donors (Lipinski definition) is 1. The molecule has 0 spiro atoms. The monoisotopic (exact) mass is 557 g/mol. The minimum absolute atomic E-state index is 0.102. The first-order valence-electron chi connectivity index (χ1n) is 11.2. The molecule has 1 aromatic heterocycles. The number of nitrogens with one attached hydrogen (secondary N) is 1. The summed E-state index contributed by atoms with van der Waals surface area (Å²) < 4.78 is 65.8. The molecule has 1 aliphatic heterocycles. The van der Waals surface area contributed by atoms with Gasteiger partial charge in [-0.05, 0) is 60.0 Å². The van der Waals surface area contributed by atoms with Gasteiger partial charge in [0, 0.05) is 23.0 Å². The van der Waals surface area contributed by atoms with E-state index in [1.807, 2.05) is 0 Å². The lowest BCUT2D eigenvalue weighted by atomic mass is 9.90. The van der Waals surface area contributed by atoms with Crippen molar-refractivity contribution in [2.45, 2.75) is 18.0 Å². The van der Waals surface area contributed by atoms with E-state index in [1.54, 1.807) is 54.6 Å². The summed E-state index contributed by atoms with van der Waals surface area (Å²) in [7, 11) is -3.47. The second-order valence-corrected chi connectivity index (χ2v) is 11.2. The third-order valence-corrected chi connectivity index (χ3v) is 7.50. The van der Waals surface area contributed by atoms with Crippen molar-refractivity contribution in [3.63, 3.8) is 0 Å². The minimum Gasteiger partial charge on any atom is -0.321 e. The summed E-state index contributed by atoms with van der Waals surface area (Å²) in [6, 6.07) is 18.0. The maximum Gasteiger partial charge on any atom is 0.434 e. The van der Waals surface area contributed by atoms with Crippen LogP contribution in [-0.4, -0.2) is 30.1 Å². The molecule has 0 saturated heterocycles. The molecular weight excluding hydrogens is 539 g/mol. The molecular formula is C27H19ClF3N3O3S. The largest absolute Gasteiger partial charge is 0.434 e. The summed E-state index contributed by atoms with van der Waals surface area (Å²) in [6.45, 7) is 1.45. The fraction of sp³-hybridized carbons (Fsp3) is 0.111. The summed E-state index contributed by atoms with van der Waals surface area (Å²) in [5, 5.41) is 3.24. The van der Waals surface area contributed by atoms with E-state index in [1.165, 1.54) is 23.6 Å². The van der Waals surface area contributed by atoms with Gasteiger partial charge >= 0.3 is 6.18 Å². The Hall–Kier alpha value is -3.89. The van der Waals surface area contributed by atoms with Gasteiger partial charge in [-0.1, -0.05) is 41.9 Å². The van der Waals surface area contributed by atoms with Gasteiger partial charge in [-0.3, -0.25) is 4.79 Å². The second-order valence-electron chi connectivity index (χ2n) is 8.78. The number of alkyl halides is 3. The molecule has 0 radical (unpaired) electrons. The Kier molecular flexibility index (Phi) is 6.19. The van der Waals surface area contributed by atoms with Gasteiger partial charge in [0.25, 0.3) is 5.91 Å². The van der Waals surface area contributed by atoms with E-state index in [0.717, 1.165) is 12.5 Å². The molecule has 11 heteroatoms. The molecule has 0 unspecified atom stereocenters. The number of sulfone groups is 1. The van der Waals surface area contributed by atoms with Crippen LogP contribution in [0, 0.1) is 6.92 Å². The first-order chi connectivity index (χ1) is 17.8. The molecule has 4 aromatic rings. The Morgan fingerprint density at radius 3 is 2.21 bits per heavy atom. The molecule has 5 rings (SSSR count). The molecule has 1 N–H and O–H groups in total. The summed E-state index contributed by atoms with van der Waals surface area (Å²) >= 11 is 6.00. The lowest BCUT2D eigenvalue weighted by molar-refractivity contribution is -0.141. The Morgan fingerprint density at radius 2 is 1.61 bits per heavy atom. The maximum absolute atomic E-state index is 13.4. The Bertz CT molecular complexity index is 1740. The molecule has 194 valence electrons. The summed E-state index contributed by atoms with van der Waals surface area (Å²) in [5.41, 5.74) is 2.28. The molecule has 1 amide bonds. The van der Waals surface area contributed by atoms with Crippen molar-refractivity contribution in [3.05, 3.63) is 101 Å². The quantitative estimate of drug-likeness (QED) is 0.330. The first-order valence-corrected chi connectivity index (χ1v) is 13.5. The van der Waals surface area contributed by atoms with Crippen LogP contribution in [0.5, 0.6) is 0 Å². The SMILES string of the molecule is Cc1nc(C(F)(F)F)cn1-c1ccc(-c2cccc(S(C)(=O)=O)c2)cc1C1=C(c2ccc(Cl)cc2)C(=O)N1. The van der Waals surface area contributed by atoms with E-state index >= 15 is 0 Å². The molecule has 0 saturated carbocycles. The van der Waals surface area contributed by atoms with E-state index in [4.69, 9.17) is 11.6 Å². The zero-order chi connectivity index (χ0) is 27.4. The number of rotatable bonds is 5. The number of aryl methyl sites for hydroxylation is 1. The zero-order valence-corrected chi connectivity index (χ0v) is 21.5. The third kappa shape index (κ3) is 4.72. The number of hydrogen-bond acceptors (Lipinski definition) is 4. The van der Waals surface area contributed by atoms with Crippen molar-refractivity contribution in [3.8, 4) is 16.8 Å². The van der Waals surface area contributed by atoms with Gasteiger partial charge in [-0.25, -0.2) is 13.4 Å². The van der Waals surface area contributed by atoms with Crippen LogP contribution in [0.25, 0.3) is 28.1 Å². The normalized spacial score (nSPS) is 13.9. The highest BCUT2D eigenvalue weighted by molar-refractivity contribution is 7.90. The second kappa shape index (κ2) is 9.14. The molecule has 6 nitrogen and oxygen atoms in total. The van der Waals surface area contributed by atoms with Crippen LogP contribution in [0.1, 0.15) is 22.6 Å². The van der Waals surface area contributed by atoms with Crippen LogP contribution in [-0.2, 0) is 20.8 Å². The lowest BCUT2D eigenvalue weighted by Gasteiger charge is -2.27. The highest BCUT2D eigenvalue weighted by atomic mass is 35.5. The zero-order valence-electron chi connectivity index (χ0n) is 20.0. The third-order valence-electron chi connectivity index (χ3n) is 6.14. The lowest BCUT2D eigenvalue weighted by Crippen LogP contribution is -2.35. The van der Waals surface area contributed by atoms with Crippen molar-refractivity contribution in [2.75, 3.05) is 6.26 Å². The van der Waals surface area contributed by atoms with Crippen LogP contribution in [0.15, 0.2) is 77.8 Å². The average Bonchev–Trinajstić information content (AvgIpc) is 3.25. The number of halogens is 4. The van der Waals surface area contributed by atoms with E-state index in [0.29, 0.717) is 44.2 Å². The predicted molar refractivity (Wildman–Crippen MR) is 138 cm³/mol. The maximum atomic E-state index is 13.4. The summed E-state index contributed by atoms with van der Waals surface area (Å²) in [4.78, 5) is 16.4. The number of aromatic nitrogens is 2. The summed E-state index contributed by atoms with van der Waals surface area (Å²) in [5.74, 6) is -0.249. The van der Waals surface area contributed by atoms with Gasteiger partial charge in [0.1, 0.15) is 5.82 Å². The number of carbonyl (C=O) groups excluding carboxylic acids is 1. The average molecular weight is 558 g/mol. The Morgan fingerprint density at radius 1 is 0.947 bits per heavy atom. The van der Waals surface area contributed by atoms with E-state index in [-0.39, 0.29) is 16.6 Å². The fourth-order valence-corrected chi connectivity index (χ4v) is 5.06. The highest BCUT2D eigenvalue weighted by Crippen LogP contribution is 2.38. The van der Waals surface area contributed by atoms with Gasteiger partial charge in [0.2, 0.25) is 0 Å². The van der Waals surface area contributed by atoms with Crippen molar-refractivity contribution in [2.24, 2.45) is 0 Å². The number of imidazole rings is 1. The van der Waals surface area contributed by atoms with Gasteiger partial charge in [-0.15, -0.1) is 0 Å².